The van der Waals surface area contributed by atoms with Crippen LogP contribution in [0.15, 0.2) is 24.3 Å². The lowest BCUT2D eigenvalue weighted by Crippen LogP contribution is -2.60. The maximum atomic E-state index is 10.5. The zero-order valence-electron chi connectivity index (χ0n) is 19.8. The Morgan fingerprint density at radius 2 is 1.03 bits per heavy atom. The number of hydrogen-bond acceptors (Lipinski definition) is 6. The van der Waals surface area contributed by atoms with Gasteiger partial charge in [-0.1, -0.05) is 12.1 Å². The molecule has 0 atom stereocenters. The van der Waals surface area contributed by atoms with Gasteiger partial charge in [-0.2, -0.15) is 0 Å². The van der Waals surface area contributed by atoms with Gasteiger partial charge in [-0.3, -0.25) is 4.79 Å². The molecule has 0 saturated heterocycles. The van der Waals surface area contributed by atoms with Crippen LogP contribution in [0, 0.1) is 0 Å². The first-order chi connectivity index (χ1) is 12.9. The summed E-state index contributed by atoms with van der Waals surface area (Å²) in [5.74, 6) is 0.526. The molecule has 0 radical (unpaired) electrons. The highest BCUT2D eigenvalue weighted by Gasteiger charge is 2.45. The van der Waals surface area contributed by atoms with Crippen LogP contribution in [-0.4, -0.2) is 48.8 Å². The first kappa shape index (κ1) is 26.6. The molecule has 1 rings (SSSR count). The van der Waals surface area contributed by atoms with Gasteiger partial charge in [0.1, 0.15) is 5.75 Å². The van der Waals surface area contributed by atoms with E-state index in [9.17, 15) is 4.79 Å². The summed E-state index contributed by atoms with van der Waals surface area (Å²) in [4.78, 5) is 10.5. The fourth-order valence-corrected chi connectivity index (χ4v) is 27.0. The third-order valence-electron chi connectivity index (χ3n) is 3.77. The van der Waals surface area contributed by atoms with E-state index in [-0.39, 0.29) is 0 Å². The van der Waals surface area contributed by atoms with Crippen LogP contribution >= 0.6 is 0 Å². The predicted octanol–water partition coefficient (Wildman–Crippen LogP) is 4.64. The molecule has 0 amide bonds. The Labute approximate surface area is 181 Å². The van der Waals surface area contributed by atoms with Crippen LogP contribution in [0.3, 0.4) is 0 Å². The normalized spacial score (nSPS) is 14.0. The second-order valence-electron chi connectivity index (χ2n) is 9.97. The van der Waals surface area contributed by atoms with Crippen molar-refractivity contribution in [3.05, 3.63) is 24.3 Å². The van der Waals surface area contributed by atoms with E-state index in [0.29, 0.717) is 12.2 Å². The summed E-state index contributed by atoms with van der Waals surface area (Å²) in [6.07, 6.45) is 0. The standard InChI is InChI=1S/C18H38O6Si5/c1-25(2,3)21-27(6,7)23-29(10,11)24-28(8,9)22-26(4,5)18-14-12-17(13-15-18)20-16-19/h12-16H,1-11H3. The van der Waals surface area contributed by atoms with E-state index in [1.807, 2.05) is 12.1 Å². The molecule has 1 aromatic carbocycles. The average Bonchev–Trinajstić information content (AvgIpc) is 2.41. The minimum Gasteiger partial charge on any atom is -0.437 e. The first-order valence-electron chi connectivity index (χ1n) is 9.88. The van der Waals surface area contributed by atoms with Crippen molar-refractivity contribution < 1.29 is 26.0 Å². The van der Waals surface area contributed by atoms with Gasteiger partial charge >= 0.3 is 25.7 Å². The lowest BCUT2D eigenvalue weighted by Gasteiger charge is -2.42. The van der Waals surface area contributed by atoms with E-state index >= 15 is 0 Å². The monoisotopic (exact) mass is 490 g/mol. The van der Waals surface area contributed by atoms with E-state index in [0.717, 1.165) is 5.19 Å². The zero-order valence-corrected chi connectivity index (χ0v) is 24.8. The summed E-state index contributed by atoms with van der Waals surface area (Å²) < 4.78 is 30.9. The van der Waals surface area contributed by atoms with E-state index < -0.39 is 42.3 Å². The molecule has 0 N–H and O–H groups in total. The van der Waals surface area contributed by atoms with Gasteiger partial charge in [-0.15, -0.1) is 0 Å². The maximum absolute atomic E-state index is 10.5. The Balaban J connectivity index is 2.87. The van der Waals surface area contributed by atoms with Crippen molar-refractivity contribution in [1.29, 1.82) is 0 Å². The van der Waals surface area contributed by atoms with Crippen LogP contribution < -0.4 is 9.92 Å². The highest BCUT2D eigenvalue weighted by molar-refractivity contribution is 6.93. The summed E-state index contributed by atoms with van der Waals surface area (Å²) in [6, 6.07) is 7.51. The lowest BCUT2D eigenvalue weighted by atomic mass is 10.3. The molecule has 0 aliphatic rings. The van der Waals surface area contributed by atoms with Gasteiger partial charge < -0.3 is 21.2 Å². The lowest BCUT2D eigenvalue weighted by molar-refractivity contribution is -0.120. The van der Waals surface area contributed by atoms with E-state index in [1.54, 1.807) is 12.1 Å². The molecular weight excluding hydrogens is 453 g/mol. The number of hydrogen-bond donors (Lipinski definition) is 0. The molecule has 0 aromatic heterocycles. The molecule has 0 unspecified atom stereocenters. The molecule has 0 bridgehead atoms. The van der Waals surface area contributed by atoms with Crippen LogP contribution in [-0.2, 0) is 21.3 Å². The fraction of sp³-hybridized carbons (Fsp3) is 0.611. The molecule has 166 valence electrons. The van der Waals surface area contributed by atoms with Gasteiger partial charge in [-0.25, -0.2) is 0 Å². The number of ether oxygens (including phenoxy) is 1. The van der Waals surface area contributed by atoms with Crippen molar-refractivity contribution in [2.75, 3.05) is 0 Å². The molecular formula is C18H38O6Si5. The van der Waals surface area contributed by atoms with E-state index in [4.69, 9.17) is 21.2 Å². The minimum atomic E-state index is -2.46. The number of carbonyl (C=O) groups is 1. The van der Waals surface area contributed by atoms with Gasteiger partial charge in [0, 0.05) is 0 Å². The quantitative estimate of drug-likeness (QED) is 0.332. The van der Waals surface area contributed by atoms with Crippen LogP contribution in [0.5, 0.6) is 5.75 Å². The average molecular weight is 491 g/mol. The summed E-state index contributed by atoms with van der Waals surface area (Å²) in [6.45, 7) is 23.8. The number of rotatable bonds is 11. The van der Waals surface area contributed by atoms with Crippen molar-refractivity contribution in [2.24, 2.45) is 0 Å². The molecule has 29 heavy (non-hydrogen) atoms. The number of benzene rings is 1. The molecule has 0 spiro atoms. The molecule has 11 heteroatoms. The Morgan fingerprint density at radius 1 is 0.621 bits per heavy atom. The molecule has 0 fully saturated rings. The van der Waals surface area contributed by atoms with Crippen LogP contribution in [0.1, 0.15) is 0 Å². The molecule has 0 aliphatic heterocycles. The fourth-order valence-electron chi connectivity index (χ4n) is 3.65. The summed E-state index contributed by atoms with van der Waals surface area (Å²) in [7, 11) is -11.1. The smallest absolute Gasteiger partial charge is 0.314 e. The van der Waals surface area contributed by atoms with Gasteiger partial charge in [-0.05, 0) is 89.3 Å². The Hall–Kier alpha value is -0.386. The largest absolute Gasteiger partial charge is 0.437 e. The highest BCUT2D eigenvalue weighted by Crippen LogP contribution is 2.26. The van der Waals surface area contributed by atoms with Gasteiger partial charge in [0.15, 0.2) is 8.32 Å². The van der Waals surface area contributed by atoms with Crippen LogP contribution in [0.25, 0.3) is 0 Å². The van der Waals surface area contributed by atoms with Crippen molar-refractivity contribution in [1.82, 2.24) is 0 Å². The van der Waals surface area contributed by atoms with E-state index in [2.05, 4.69) is 72.0 Å². The Morgan fingerprint density at radius 3 is 1.45 bits per heavy atom. The summed E-state index contributed by atoms with van der Waals surface area (Å²) in [5.41, 5.74) is 0. The minimum absolute atomic E-state index is 0.432. The van der Waals surface area contributed by atoms with E-state index in [1.165, 1.54) is 0 Å². The topological polar surface area (TPSA) is 63.2 Å². The molecule has 0 saturated carbocycles. The third kappa shape index (κ3) is 9.98. The highest BCUT2D eigenvalue weighted by atomic mass is 28.5. The second kappa shape index (κ2) is 9.40. The van der Waals surface area contributed by atoms with Gasteiger partial charge in [0.05, 0.1) is 0 Å². The van der Waals surface area contributed by atoms with Gasteiger partial charge in [0.25, 0.3) is 6.47 Å². The van der Waals surface area contributed by atoms with Crippen molar-refractivity contribution in [3.8, 4) is 5.75 Å². The van der Waals surface area contributed by atoms with Crippen molar-refractivity contribution >= 4 is 54.0 Å². The molecule has 0 heterocycles. The van der Waals surface area contributed by atoms with Crippen LogP contribution in [0.2, 0.25) is 72.0 Å². The Kier molecular flexibility index (Phi) is 8.64. The predicted molar refractivity (Wildman–Crippen MR) is 130 cm³/mol. The van der Waals surface area contributed by atoms with Crippen molar-refractivity contribution in [2.45, 2.75) is 72.0 Å². The second-order valence-corrected chi connectivity index (χ2v) is 29.5. The summed E-state index contributed by atoms with van der Waals surface area (Å²) >= 11 is 0. The number of carbonyl (C=O) groups excluding carboxylic acids is 1. The third-order valence-corrected chi connectivity index (χ3v) is 21.8. The van der Waals surface area contributed by atoms with Crippen molar-refractivity contribution in [3.63, 3.8) is 0 Å². The zero-order chi connectivity index (χ0) is 22.7. The SMILES string of the molecule is C[Si](C)(C)O[Si](C)(C)O[Si](C)(C)O[Si](C)(C)O[Si](C)(C)c1ccc(OC=O)cc1. The Bertz CT molecular complexity index is 683. The van der Waals surface area contributed by atoms with Crippen LogP contribution in [0.4, 0.5) is 0 Å². The van der Waals surface area contributed by atoms with Gasteiger partial charge in [0.2, 0.25) is 8.32 Å². The first-order valence-corrected chi connectivity index (χ1v) is 24.6. The molecule has 0 aliphatic carbocycles. The maximum Gasteiger partial charge on any atom is 0.314 e. The molecule has 6 nitrogen and oxygen atoms in total. The molecule has 1 aromatic rings. The summed E-state index contributed by atoms with van der Waals surface area (Å²) in [5, 5.41) is 1.12.